The molecule has 0 spiro atoms. The van der Waals surface area contributed by atoms with Gasteiger partial charge in [0.1, 0.15) is 17.2 Å². The number of rotatable bonds is 7. The Labute approximate surface area is 256 Å². The lowest BCUT2D eigenvalue weighted by atomic mass is 9.98. The number of alkyl halides is 3. The SMILES string of the molecule is COc1ccc(Cn2nc(C3=CCN(C(=O)OC(C)(C)C)C3)c3c(-c4ccc(CNC(=O)C(F)(F)F)c(F)c4)ccnc32)cc1. The molecular weight excluding hydrogens is 594 g/mol. The predicted octanol–water partition coefficient (Wildman–Crippen LogP) is 6.11. The van der Waals surface area contributed by atoms with Crippen LogP contribution in [-0.4, -0.2) is 63.6 Å². The summed E-state index contributed by atoms with van der Waals surface area (Å²) in [5.41, 5.74) is 2.97. The molecule has 1 N–H and O–H groups in total. The summed E-state index contributed by atoms with van der Waals surface area (Å²) in [4.78, 5) is 30.2. The quantitative estimate of drug-likeness (QED) is 0.249. The molecule has 0 unspecified atom stereocenters. The van der Waals surface area contributed by atoms with E-state index >= 15 is 4.39 Å². The summed E-state index contributed by atoms with van der Waals surface area (Å²) in [5.74, 6) is -2.24. The molecule has 0 atom stereocenters. The zero-order valence-electron chi connectivity index (χ0n) is 25.0. The molecule has 0 fully saturated rings. The topological polar surface area (TPSA) is 98.6 Å². The molecule has 1 aliphatic rings. The molecular formula is C32H31F4N5O4. The first-order valence-electron chi connectivity index (χ1n) is 14.0. The van der Waals surface area contributed by atoms with Gasteiger partial charge in [0.15, 0.2) is 5.65 Å². The number of pyridine rings is 1. The first-order valence-corrected chi connectivity index (χ1v) is 14.0. The molecule has 0 saturated heterocycles. The van der Waals surface area contributed by atoms with Crippen molar-refractivity contribution in [1.82, 2.24) is 25.0 Å². The average molecular weight is 626 g/mol. The Balaban J connectivity index is 1.53. The van der Waals surface area contributed by atoms with E-state index in [2.05, 4.69) is 4.98 Å². The minimum absolute atomic E-state index is 0.108. The first-order chi connectivity index (χ1) is 21.2. The highest BCUT2D eigenvalue weighted by Crippen LogP contribution is 2.36. The second-order valence-electron chi connectivity index (χ2n) is 11.5. The predicted molar refractivity (Wildman–Crippen MR) is 159 cm³/mol. The maximum atomic E-state index is 15.2. The van der Waals surface area contributed by atoms with E-state index in [0.29, 0.717) is 46.7 Å². The van der Waals surface area contributed by atoms with Crippen molar-refractivity contribution in [3.63, 3.8) is 0 Å². The minimum Gasteiger partial charge on any atom is -0.497 e. The maximum Gasteiger partial charge on any atom is 0.471 e. The number of hydrogen-bond acceptors (Lipinski definition) is 6. The Bertz CT molecular complexity index is 1780. The highest BCUT2D eigenvalue weighted by atomic mass is 19.4. The number of nitrogens with zero attached hydrogens (tertiary/aromatic N) is 4. The van der Waals surface area contributed by atoms with E-state index in [1.54, 1.807) is 61.1 Å². The highest BCUT2D eigenvalue weighted by Gasteiger charge is 2.38. The van der Waals surface area contributed by atoms with Crippen LogP contribution in [0.3, 0.4) is 0 Å². The van der Waals surface area contributed by atoms with Crippen molar-refractivity contribution in [2.24, 2.45) is 0 Å². The van der Waals surface area contributed by atoms with Crippen molar-refractivity contribution in [3.05, 3.63) is 83.4 Å². The van der Waals surface area contributed by atoms with E-state index in [4.69, 9.17) is 14.6 Å². The molecule has 4 aromatic rings. The lowest BCUT2D eigenvalue weighted by Gasteiger charge is -2.24. The zero-order valence-corrected chi connectivity index (χ0v) is 25.0. The van der Waals surface area contributed by atoms with E-state index < -0.39 is 36.1 Å². The number of carbonyl (C=O) groups is 2. The maximum absolute atomic E-state index is 15.2. The van der Waals surface area contributed by atoms with E-state index in [1.807, 2.05) is 30.3 Å². The van der Waals surface area contributed by atoms with Crippen LogP contribution in [0, 0.1) is 5.82 Å². The fraction of sp³-hybridized carbons (Fsp3) is 0.312. The van der Waals surface area contributed by atoms with Crippen LogP contribution in [0.15, 0.2) is 60.8 Å². The second-order valence-corrected chi connectivity index (χ2v) is 11.5. The summed E-state index contributed by atoms with van der Waals surface area (Å²) in [6.07, 6.45) is -2.09. The Hall–Kier alpha value is -4.94. The van der Waals surface area contributed by atoms with Crippen molar-refractivity contribution < 1.29 is 36.6 Å². The van der Waals surface area contributed by atoms with Gasteiger partial charge in [0, 0.05) is 24.8 Å². The zero-order chi connectivity index (χ0) is 32.5. The van der Waals surface area contributed by atoms with Crippen molar-refractivity contribution in [2.75, 3.05) is 20.2 Å². The number of hydrogen-bond donors (Lipinski definition) is 1. The van der Waals surface area contributed by atoms with Gasteiger partial charge in [-0.1, -0.05) is 30.3 Å². The molecule has 45 heavy (non-hydrogen) atoms. The fourth-order valence-corrected chi connectivity index (χ4v) is 4.90. The standard InChI is InChI=1S/C32H31F4N5O4/c1-31(2,3)45-30(43)40-14-12-22(18-40)27-26-24(20-7-8-21(25(33)15-20)16-38-29(42)32(34,35)36)11-13-37-28(26)41(39-27)17-19-5-9-23(44-4)10-6-19/h5-13,15H,14,16-18H2,1-4H3,(H,38,42). The van der Waals surface area contributed by atoms with Gasteiger partial charge in [-0.15, -0.1) is 0 Å². The van der Waals surface area contributed by atoms with Crippen LogP contribution in [0.1, 0.15) is 37.6 Å². The minimum atomic E-state index is -5.07. The third-order valence-electron chi connectivity index (χ3n) is 7.06. The number of aromatic nitrogens is 3. The summed E-state index contributed by atoms with van der Waals surface area (Å²) in [6.45, 7) is 5.62. The normalized spacial score (nSPS) is 13.6. The van der Waals surface area contributed by atoms with Crippen LogP contribution >= 0.6 is 0 Å². The molecule has 9 nitrogen and oxygen atoms in total. The molecule has 2 aromatic heterocycles. The third-order valence-corrected chi connectivity index (χ3v) is 7.06. The molecule has 0 bridgehead atoms. The largest absolute Gasteiger partial charge is 0.497 e. The van der Waals surface area contributed by atoms with Gasteiger partial charge < -0.3 is 19.7 Å². The smallest absolute Gasteiger partial charge is 0.471 e. The van der Waals surface area contributed by atoms with Crippen LogP contribution in [0.2, 0.25) is 0 Å². The van der Waals surface area contributed by atoms with E-state index in [1.165, 1.54) is 12.1 Å². The Morgan fingerprint density at radius 3 is 2.42 bits per heavy atom. The van der Waals surface area contributed by atoms with Crippen LogP contribution in [0.5, 0.6) is 5.75 Å². The molecule has 3 heterocycles. The molecule has 0 radical (unpaired) electrons. The summed E-state index contributed by atoms with van der Waals surface area (Å²) in [5, 5.41) is 7.21. The molecule has 1 aliphatic heterocycles. The van der Waals surface area contributed by atoms with E-state index in [0.717, 1.165) is 11.1 Å². The molecule has 13 heteroatoms. The highest BCUT2D eigenvalue weighted by molar-refractivity contribution is 6.01. The summed E-state index contributed by atoms with van der Waals surface area (Å²) >= 11 is 0. The van der Waals surface area contributed by atoms with Gasteiger partial charge in [0.2, 0.25) is 0 Å². The van der Waals surface area contributed by atoms with Gasteiger partial charge >= 0.3 is 18.2 Å². The van der Waals surface area contributed by atoms with Crippen LogP contribution in [-0.2, 0) is 22.6 Å². The Morgan fingerprint density at radius 1 is 1.04 bits per heavy atom. The second kappa shape index (κ2) is 12.2. The van der Waals surface area contributed by atoms with Gasteiger partial charge in [-0.3, -0.25) is 4.79 Å². The van der Waals surface area contributed by atoms with Gasteiger partial charge in [0.05, 0.1) is 31.3 Å². The van der Waals surface area contributed by atoms with Crippen LogP contribution < -0.4 is 10.1 Å². The molecule has 236 valence electrons. The van der Waals surface area contributed by atoms with Crippen LogP contribution in [0.4, 0.5) is 22.4 Å². The number of methoxy groups -OCH3 is 1. The molecule has 0 aliphatic carbocycles. The van der Waals surface area contributed by atoms with Crippen molar-refractivity contribution in [3.8, 4) is 16.9 Å². The average Bonchev–Trinajstić information content (AvgIpc) is 3.61. The fourth-order valence-electron chi connectivity index (χ4n) is 4.90. The number of carbonyl (C=O) groups excluding carboxylic acids is 2. The van der Waals surface area contributed by atoms with Crippen molar-refractivity contribution in [1.29, 1.82) is 0 Å². The number of ether oxygens (including phenoxy) is 2. The Morgan fingerprint density at radius 2 is 1.78 bits per heavy atom. The van der Waals surface area contributed by atoms with Gasteiger partial charge in [-0.05, 0) is 67.3 Å². The number of fused-ring (bicyclic) bond motifs is 1. The molecule has 0 saturated carbocycles. The van der Waals surface area contributed by atoms with Gasteiger partial charge in [-0.2, -0.15) is 18.3 Å². The molecule has 5 rings (SSSR count). The summed E-state index contributed by atoms with van der Waals surface area (Å²) in [7, 11) is 1.58. The number of benzene rings is 2. The molecule has 2 amide bonds. The van der Waals surface area contributed by atoms with E-state index in [-0.39, 0.29) is 12.1 Å². The van der Waals surface area contributed by atoms with Gasteiger partial charge in [-0.25, -0.2) is 18.9 Å². The van der Waals surface area contributed by atoms with Crippen molar-refractivity contribution >= 4 is 28.6 Å². The molecule has 2 aromatic carbocycles. The lowest BCUT2D eigenvalue weighted by Crippen LogP contribution is -2.36. The van der Waals surface area contributed by atoms with Gasteiger partial charge in [0.25, 0.3) is 0 Å². The van der Waals surface area contributed by atoms with Crippen LogP contribution in [0.25, 0.3) is 27.7 Å². The number of amides is 2. The lowest BCUT2D eigenvalue weighted by molar-refractivity contribution is -0.173. The number of halogens is 4. The third kappa shape index (κ3) is 7.08. The number of nitrogens with one attached hydrogen (secondary N) is 1. The van der Waals surface area contributed by atoms with E-state index in [9.17, 15) is 22.8 Å². The first kappa shape index (κ1) is 31.5. The monoisotopic (exact) mass is 625 g/mol. The summed E-state index contributed by atoms with van der Waals surface area (Å²) < 4.78 is 65.5. The van der Waals surface area contributed by atoms with Crippen molar-refractivity contribution in [2.45, 2.75) is 45.6 Å². The summed E-state index contributed by atoms with van der Waals surface area (Å²) in [6, 6.07) is 13.3. The Kier molecular flexibility index (Phi) is 8.55.